The number of hydrogen-bond donors (Lipinski definition) is 0. The van der Waals surface area contributed by atoms with Gasteiger partial charge in [0.05, 0.1) is 12.6 Å². The highest BCUT2D eigenvalue weighted by molar-refractivity contribution is 5.85. The second-order valence-corrected chi connectivity index (χ2v) is 8.52. The first-order chi connectivity index (χ1) is 13.4. The van der Waals surface area contributed by atoms with Crippen LogP contribution in [0.5, 0.6) is 0 Å². The number of fused-ring (bicyclic) bond motifs is 1. The van der Waals surface area contributed by atoms with Crippen LogP contribution < -0.4 is 0 Å². The molecule has 1 heterocycles. The second-order valence-electron chi connectivity index (χ2n) is 8.52. The highest BCUT2D eigenvalue weighted by Crippen LogP contribution is 2.29. The Labute approximate surface area is 171 Å². The first-order valence-corrected chi connectivity index (χ1v) is 11.1. The molecule has 0 aromatic heterocycles. The molecule has 1 aromatic rings. The van der Waals surface area contributed by atoms with Gasteiger partial charge >= 0.3 is 0 Å². The molecule has 0 bridgehead atoms. The molecule has 28 heavy (non-hydrogen) atoms. The van der Waals surface area contributed by atoms with Gasteiger partial charge in [-0.1, -0.05) is 64.3 Å². The van der Waals surface area contributed by atoms with Crippen molar-refractivity contribution in [2.75, 3.05) is 19.6 Å². The Bertz CT molecular complexity index is 641. The minimum absolute atomic E-state index is 0.0732. The Kier molecular flexibility index (Phi) is 9.01. The summed E-state index contributed by atoms with van der Waals surface area (Å²) in [5, 5.41) is 0. The van der Waals surface area contributed by atoms with Gasteiger partial charge in [0, 0.05) is 19.5 Å². The molecule has 0 saturated heterocycles. The maximum absolute atomic E-state index is 13.1. The zero-order valence-electron chi connectivity index (χ0n) is 18.2. The average Bonchev–Trinajstić information content (AvgIpc) is 2.68. The van der Waals surface area contributed by atoms with Gasteiger partial charge in [0.15, 0.2) is 0 Å². The van der Waals surface area contributed by atoms with Crippen molar-refractivity contribution >= 4 is 11.8 Å². The van der Waals surface area contributed by atoms with Gasteiger partial charge in [-0.2, -0.15) is 0 Å². The molecule has 1 aliphatic rings. The van der Waals surface area contributed by atoms with Crippen LogP contribution in [-0.4, -0.2) is 41.2 Å². The molecule has 4 heteroatoms. The number of benzene rings is 1. The predicted molar refractivity (Wildman–Crippen MR) is 115 cm³/mol. The van der Waals surface area contributed by atoms with Crippen LogP contribution in [0.3, 0.4) is 0 Å². The molecular formula is C24H38N2O2. The summed E-state index contributed by atoms with van der Waals surface area (Å²) in [6, 6.07) is 8.45. The number of nitrogens with zero attached hydrogens (tertiary/aromatic N) is 2. The zero-order chi connectivity index (χ0) is 20.5. The van der Waals surface area contributed by atoms with E-state index in [-0.39, 0.29) is 24.4 Å². The van der Waals surface area contributed by atoms with E-state index < -0.39 is 0 Å². The fourth-order valence-electron chi connectivity index (χ4n) is 3.93. The lowest BCUT2D eigenvalue weighted by Gasteiger charge is -2.36. The smallest absolute Gasteiger partial charge is 0.242 e. The SMILES string of the molecule is CCCCCCC(=O)N(CCC(C)C)CC(=O)N1CCc2ccccc2C1C. The van der Waals surface area contributed by atoms with Crippen LogP contribution in [0.25, 0.3) is 0 Å². The quantitative estimate of drug-likeness (QED) is 0.532. The summed E-state index contributed by atoms with van der Waals surface area (Å²) in [5.74, 6) is 0.731. The molecule has 0 fully saturated rings. The molecular weight excluding hydrogens is 348 g/mol. The maximum atomic E-state index is 13.1. The minimum Gasteiger partial charge on any atom is -0.334 e. The van der Waals surface area contributed by atoms with Crippen molar-refractivity contribution in [1.29, 1.82) is 0 Å². The molecule has 1 aromatic carbocycles. The summed E-state index contributed by atoms with van der Waals surface area (Å²) in [5.41, 5.74) is 2.57. The molecule has 1 aliphatic heterocycles. The normalized spacial score (nSPS) is 16.2. The molecule has 0 aliphatic carbocycles. The molecule has 0 radical (unpaired) electrons. The Hall–Kier alpha value is -1.84. The van der Waals surface area contributed by atoms with Gasteiger partial charge in [0.25, 0.3) is 0 Å². The van der Waals surface area contributed by atoms with Gasteiger partial charge in [-0.15, -0.1) is 0 Å². The average molecular weight is 387 g/mol. The Morgan fingerprint density at radius 1 is 1.18 bits per heavy atom. The molecule has 2 amide bonds. The van der Waals surface area contributed by atoms with E-state index in [4.69, 9.17) is 0 Å². The van der Waals surface area contributed by atoms with Crippen LogP contribution in [0.1, 0.15) is 83.4 Å². The van der Waals surface area contributed by atoms with Crippen LogP contribution in [0.4, 0.5) is 0 Å². The van der Waals surface area contributed by atoms with Gasteiger partial charge in [0.1, 0.15) is 0 Å². The number of hydrogen-bond acceptors (Lipinski definition) is 2. The van der Waals surface area contributed by atoms with E-state index in [0.29, 0.717) is 18.9 Å². The molecule has 4 nitrogen and oxygen atoms in total. The third kappa shape index (κ3) is 6.35. The van der Waals surface area contributed by atoms with Crippen molar-refractivity contribution in [3.05, 3.63) is 35.4 Å². The lowest BCUT2D eigenvalue weighted by atomic mass is 9.93. The highest BCUT2D eigenvalue weighted by Gasteiger charge is 2.29. The third-order valence-corrected chi connectivity index (χ3v) is 5.81. The first-order valence-electron chi connectivity index (χ1n) is 11.1. The summed E-state index contributed by atoms with van der Waals surface area (Å²) < 4.78 is 0. The largest absolute Gasteiger partial charge is 0.334 e. The van der Waals surface area contributed by atoms with Crippen LogP contribution >= 0.6 is 0 Å². The Morgan fingerprint density at radius 3 is 2.64 bits per heavy atom. The summed E-state index contributed by atoms with van der Waals surface area (Å²) in [7, 11) is 0. The van der Waals surface area contributed by atoms with Crippen molar-refractivity contribution in [2.45, 2.75) is 78.7 Å². The van der Waals surface area contributed by atoms with E-state index in [9.17, 15) is 9.59 Å². The molecule has 2 rings (SSSR count). The Morgan fingerprint density at radius 2 is 1.93 bits per heavy atom. The van der Waals surface area contributed by atoms with E-state index in [0.717, 1.165) is 38.6 Å². The number of carbonyl (C=O) groups is 2. The van der Waals surface area contributed by atoms with Gasteiger partial charge < -0.3 is 9.80 Å². The first kappa shape index (κ1) is 22.4. The molecule has 156 valence electrons. The monoisotopic (exact) mass is 386 g/mol. The van der Waals surface area contributed by atoms with Crippen LogP contribution in [0, 0.1) is 5.92 Å². The maximum Gasteiger partial charge on any atom is 0.242 e. The van der Waals surface area contributed by atoms with E-state index in [2.05, 4.69) is 45.9 Å². The molecule has 0 saturated carbocycles. The summed E-state index contributed by atoms with van der Waals surface area (Å²) in [6.07, 6.45) is 6.74. The topological polar surface area (TPSA) is 40.6 Å². The zero-order valence-corrected chi connectivity index (χ0v) is 18.2. The standard InChI is InChI=1S/C24H38N2O2/c1-5-6-7-8-13-23(27)25(16-14-19(2)3)18-24(28)26-17-15-21-11-9-10-12-22(21)20(26)4/h9-12,19-20H,5-8,13-18H2,1-4H3. The van der Waals surface area contributed by atoms with Gasteiger partial charge in [0.2, 0.25) is 11.8 Å². The van der Waals surface area contributed by atoms with Gasteiger partial charge in [-0.25, -0.2) is 0 Å². The Balaban J connectivity index is 1.99. The highest BCUT2D eigenvalue weighted by atomic mass is 16.2. The molecule has 1 unspecified atom stereocenters. The van der Waals surface area contributed by atoms with Crippen LogP contribution in [0.2, 0.25) is 0 Å². The fourth-order valence-corrected chi connectivity index (χ4v) is 3.93. The van der Waals surface area contributed by atoms with Gasteiger partial charge in [-0.3, -0.25) is 9.59 Å². The fraction of sp³-hybridized carbons (Fsp3) is 0.667. The molecule has 0 N–H and O–H groups in total. The minimum atomic E-state index is 0.0732. The van der Waals surface area contributed by atoms with Crippen molar-refractivity contribution in [3.8, 4) is 0 Å². The predicted octanol–water partition coefficient (Wildman–Crippen LogP) is 4.98. The van der Waals surface area contributed by atoms with E-state index in [1.807, 2.05) is 15.9 Å². The van der Waals surface area contributed by atoms with Crippen molar-refractivity contribution < 1.29 is 9.59 Å². The van der Waals surface area contributed by atoms with Crippen LogP contribution in [-0.2, 0) is 16.0 Å². The summed E-state index contributed by atoms with van der Waals surface area (Å²) in [4.78, 5) is 29.6. The second kappa shape index (κ2) is 11.2. The molecule has 1 atom stereocenters. The van der Waals surface area contributed by atoms with Crippen LogP contribution in [0.15, 0.2) is 24.3 Å². The third-order valence-electron chi connectivity index (χ3n) is 5.81. The van der Waals surface area contributed by atoms with Crippen molar-refractivity contribution in [3.63, 3.8) is 0 Å². The summed E-state index contributed by atoms with van der Waals surface area (Å²) >= 11 is 0. The number of carbonyl (C=O) groups excluding carboxylic acids is 2. The van der Waals surface area contributed by atoms with E-state index in [1.54, 1.807) is 0 Å². The molecule has 0 spiro atoms. The number of amides is 2. The number of rotatable bonds is 10. The van der Waals surface area contributed by atoms with E-state index in [1.165, 1.54) is 17.5 Å². The number of unbranched alkanes of at least 4 members (excludes halogenated alkanes) is 3. The van der Waals surface area contributed by atoms with Crippen molar-refractivity contribution in [2.24, 2.45) is 5.92 Å². The van der Waals surface area contributed by atoms with Gasteiger partial charge in [-0.05, 0) is 43.2 Å². The lowest BCUT2D eigenvalue weighted by Crippen LogP contribution is -2.46. The lowest BCUT2D eigenvalue weighted by molar-refractivity contribution is -0.142. The summed E-state index contributed by atoms with van der Waals surface area (Å²) in [6.45, 7) is 10.2. The van der Waals surface area contributed by atoms with Crippen molar-refractivity contribution in [1.82, 2.24) is 9.80 Å². The van der Waals surface area contributed by atoms with E-state index >= 15 is 0 Å².